The predicted molar refractivity (Wildman–Crippen MR) is 84.9 cm³/mol. The number of aromatic nitrogens is 3. The second kappa shape index (κ2) is 6.48. The molecular formula is C16H18N6O. The molecule has 1 N–H and O–H groups in total. The van der Waals surface area contributed by atoms with Crippen molar-refractivity contribution in [3.63, 3.8) is 0 Å². The van der Waals surface area contributed by atoms with Crippen LogP contribution >= 0.6 is 0 Å². The first-order valence-electron chi connectivity index (χ1n) is 7.57. The Morgan fingerprint density at radius 2 is 2.30 bits per heavy atom. The highest BCUT2D eigenvalue weighted by molar-refractivity contribution is 5.92. The van der Waals surface area contributed by atoms with Gasteiger partial charge in [-0.15, -0.1) is 0 Å². The van der Waals surface area contributed by atoms with Crippen LogP contribution in [0.1, 0.15) is 29.0 Å². The molecule has 0 bridgehead atoms. The van der Waals surface area contributed by atoms with Gasteiger partial charge in [0, 0.05) is 32.4 Å². The summed E-state index contributed by atoms with van der Waals surface area (Å²) in [6.07, 6.45) is 5.27. The number of amides is 1. The van der Waals surface area contributed by atoms with Crippen molar-refractivity contribution in [1.82, 2.24) is 20.1 Å². The Balaban J connectivity index is 1.65. The van der Waals surface area contributed by atoms with Gasteiger partial charge in [-0.3, -0.25) is 9.48 Å². The number of nitrogens with zero attached hydrogens (tertiary/aromatic N) is 5. The van der Waals surface area contributed by atoms with Gasteiger partial charge >= 0.3 is 0 Å². The molecule has 0 radical (unpaired) electrons. The number of carbonyl (C=O) groups is 1. The lowest BCUT2D eigenvalue weighted by atomic mass is 10.0. The fraction of sp³-hybridized carbons (Fsp3) is 0.375. The van der Waals surface area contributed by atoms with Gasteiger partial charge in [0.05, 0.1) is 11.9 Å². The van der Waals surface area contributed by atoms with Crippen LogP contribution in [0, 0.1) is 11.3 Å². The maximum Gasteiger partial charge on any atom is 0.269 e. The van der Waals surface area contributed by atoms with Crippen molar-refractivity contribution in [3.8, 4) is 6.07 Å². The highest BCUT2D eigenvalue weighted by Gasteiger charge is 2.23. The molecule has 3 rings (SSSR count). The molecule has 1 atom stereocenters. The van der Waals surface area contributed by atoms with E-state index in [4.69, 9.17) is 5.26 Å². The monoisotopic (exact) mass is 310 g/mol. The van der Waals surface area contributed by atoms with E-state index >= 15 is 0 Å². The van der Waals surface area contributed by atoms with Crippen LogP contribution in [-0.4, -0.2) is 39.8 Å². The molecule has 2 aromatic heterocycles. The van der Waals surface area contributed by atoms with Crippen molar-refractivity contribution in [3.05, 3.63) is 42.0 Å². The van der Waals surface area contributed by atoms with E-state index < -0.39 is 0 Å². The van der Waals surface area contributed by atoms with Crippen LogP contribution in [0.3, 0.4) is 0 Å². The maximum absolute atomic E-state index is 12.3. The largest absolute Gasteiger partial charge is 0.368 e. The molecule has 1 saturated heterocycles. The fourth-order valence-electron chi connectivity index (χ4n) is 2.82. The zero-order chi connectivity index (χ0) is 16.2. The quantitative estimate of drug-likeness (QED) is 0.917. The third-order valence-corrected chi connectivity index (χ3v) is 4.04. The van der Waals surface area contributed by atoms with Gasteiger partial charge in [-0.1, -0.05) is 0 Å². The van der Waals surface area contributed by atoms with Crippen LogP contribution in [0.4, 0.5) is 5.69 Å². The van der Waals surface area contributed by atoms with Crippen molar-refractivity contribution in [2.45, 2.75) is 18.9 Å². The third-order valence-electron chi connectivity index (χ3n) is 4.04. The summed E-state index contributed by atoms with van der Waals surface area (Å²) in [6.45, 7) is 1.66. The first kappa shape index (κ1) is 15.0. The summed E-state index contributed by atoms with van der Waals surface area (Å²) in [5, 5.41) is 15.9. The van der Waals surface area contributed by atoms with Gasteiger partial charge in [0.15, 0.2) is 0 Å². The fourth-order valence-corrected chi connectivity index (χ4v) is 2.82. The van der Waals surface area contributed by atoms with Crippen LogP contribution in [0.15, 0.2) is 30.6 Å². The smallest absolute Gasteiger partial charge is 0.269 e. The van der Waals surface area contributed by atoms with E-state index in [0.29, 0.717) is 11.4 Å². The minimum atomic E-state index is -0.102. The highest BCUT2D eigenvalue weighted by atomic mass is 16.2. The lowest BCUT2D eigenvalue weighted by Gasteiger charge is -2.34. The average molecular weight is 310 g/mol. The molecule has 0 aromatic carbocycles. The van der Waals surface area contributed by atoms with Crippen LogP contribution in [-0.2, 0) is 7.05 Å². The molecular weight excluding hydrogens is 292 g/mol. The van der Waals surface area contributed by atoms with Gasteiger partial charge in [-0.2, -0.15) is 10.4 Å². The maximum atomic E-state index is 12.3. The van der Waals surface area contributed by atoms with Crippen molar-refractivity contribution in [2.24, 2.45) is 7.05 Å². The van der Waals surface area contributed by atoms with E-state index in [1.807, 2.05) is 12.1 Å². The minimum absolute atomic E-state index is 0.0850. The van der Waals surface area contributed by atoms with Crippen LogP contribution in [0.5, 0.6) is 0 Å². The second-order valence-electron chi connectivity index (χ2n) is 5.61. The molecule has 0 saturated carbocycles. The predicted octanol–water partition coefficient (Wildman–Crippen LogP) is 1.09. The molecule has 1 unspecified atom stereocenters. The Morgan fingerprint density at radius 1 is 1.43 bits per heavy atom. The Hall–Kier alpha value is -2.88. The van der Waals surface area contributed by atoms with Gasteiger partial charge in [0.2, 0.25) is 0 Å². The number of pyridine rings is 1. The molecule has 7 heteroatoms. The molecule has 1 aliphatic rings. The Bertz CT molecular complexity index is 730. The number of anilines is 1. The Morgan fingerprint density at radius 3 is 2.96 bits per heavy atom. The Labute approximate surface area is 134 Å². The molecule has 1 aliphatic heterocycles. The average Bonchev–Trinajstić information content (AvgIpc) is 3.01. The number of hydrogen-bond donors (Lipinski definition) is 1. The minimum Gasteiger partial charge on any atom is -0.368 e. The molecule has 1 fully saturated rings. The molecule has 0 aliphatic carbocycles. The number of hydrogen-bond acceptors (Lipinski definition) is 5. The summed E-state index contributed by atoms with van der Waals surface area (Å²) in [4.78, 5) is 18.6. The molecule has 118 valence electrons. The number of aryl methyl sites for hydroxylation is 1. The first-order valence-corrected chi connectivity index (χ1v) is 7.57. The highest BCUT2D eigenvalue weighted by Crippen LogP contribution is 2.19. The topological polar surface area (TPSA) is 86.8 Å². The molecule has 0 spiro atoms. The standard InChI is InChI=1S/C16H18N6O/c1-21-15(6-7-19-21)16(23)20-13-3-2-8-22(11-13)14-5-4-12(9-17)18-10-14/h4-7,10,13H,2-3,8,11H2,1H3,(H,20,23). The van der Waals surface area contributed by atoms with Gasteiger partial charge in [0.25, 0.3) is 5.91 Å². The number of rotatable bonds is 3. The van der Waals surface area contributed by atoms with E-state index in [2.05, 4.69) is 20.3 Å². The summed E-state index contributed by atoms with van der Waals surface area (Å²) in [5.41, 5.74) is 1.94. The van der Waals surface area contributed by atoms with Gasteiger partial charge in [0.1, 0.15) is 17.5 Å². The van der Waals surface area contributed by atoms with Crippen LogP contribution in [0.2, 0.25) is 0 Å². The van der Waals surface area contributed by atoms with Crippen molar-refractivity contribution < 1.29 is 4.79 Å². The van der Waals surface area contributed by atoms with E-state index in [9.17, 15) is 4.79 Å². The zero-order valence-corrected chi connectivity index (χ0v) is 12.9. The number of piperidine rings is 1. The lowest BCUT2D eigenvalue weighted by molar-refractivity contribution is 0.0923. The summed E-state index contributed by atoms with van der Waals surface area (Å²) in [6, 6.07) is 7.43. The van der Waals surface area contributed by atoms with E-state index in [-0.39, 0.29) is 11.9 Å². The summed E-state index contributed by atoms with van der Waals surface area (Å²) < 4.78 is 1.57. The van der Waals surface area contributed by atoms with Gasteiger partial charge < -0.3 is 10.2 Å². The van der Waals surface area contributed by atoms with E-state index in [1.165, 1.54) is 0 Å². The van der Waals surface area contributed by atoms with Crippen molar-refractivity contribution >= 4 is 11.6 Å². The van der Waals surface area contributed by atoms with Crippen molar-refractivity contribution in [2.75, 3.05) is 18.0 Å². The van der Waals surface area contributed by atoms with Gasteiger partial charge in [-0.05, 0) is 31.0 Å². The summed E-state index contributed by atoms with van der Waals surface area (Å²) >= 11 is 0. The first-order chi connectivity index (χ1) is 11.2. The SMILES string of the molecule is Cn1nccc1C(=O)NC1CCCN(c2ccc(C#N)nc2)C1. The summed E-state index contributed by atoms with van der Waals surface area (Å²) in [5.74, 6) is -0.102. The normalized spacial score (nSPS) is 17.6. The number of nitrogens with one attached hydrogen (secondary N) is 1. The molecule has 23 heavy (non-hydrogen) atoms. The van der Waals surface area contributed by atoms with E-state index in [1.54, 1.807) is 36.3 Å². The number of nitriles is 1. The Kier molecular flexibility index (Phi) is 4.24. The van der Waals surface area contributed by atoms with Crippen molar-refractivity contribution in [1.29, 1.82) is 5.26 Å². The van der Waals surface area contributed by atoms with Crippen LogP contribution in [0.25, 0.3) is 0 Å². The molecule has 1 amide bonds. The van der Waals surface area contributed by atoms with E-state index in [0.717, 1.165) is 31.6 Å². The molecule has 7 nitrogen and oxygen atoms in total. The van der Waals surface area contributed by atoms with Gasteiger partial charge in [-0.25, -0.2) is 4.98 Å². The third kappa shape index (κ3) is 3.31. The number of carbonyl (C=O) groups excluding carboxylic acids is 1. The van der Waals surface area contributed by atoms with Crippen LogP contribution < -0.4 is 10.2 Å². The molecule has 2 aromatic rings. The zero-order valence-electron chi connectivity index (χ0n) is 12.9. The second-order valence-corrected chi connectivity index (χ2v) is 5.61. The summed E-state index contributed by atoms with van der Waals surface area (Å²) in [7, 11) is 1.75. The lowest BCUT2D eigenvalue weighted by Crippen LogP contribution is -2.48. The molecule has 3 heterocycles.